The summed E-state index contributed by atoms with van der Waals surface area (Å²) < 4.78 is 6.26. The molecule has 0 saturated carbocycles. The van der Waals surface area contributed by atoms with Crippen LogP contribution in [0.2, 0.25) is 0 Å². The van der Waals surface area contributed by atoms with Gasteiger partial charge in [-0.1, -0.05) is 78.1 Å². The third-order valence-electron chi connectivity index (χ3n) is 6.89. The van der Waals surface area contributed by atoms with E-state index in [2.05, 4.69) is 26.2 Å². The molecule has 198 valence electrons. The van der Waals surface area contributed by atoms with Crippen LogP contribution in [0.4, 0.5) is 0 Å². The molecular weight excluding hydrogens is 535 g/mol. The number of hydrogen-bond acceptors (Lipinski definition) is 2. The third kappa shape index (κ3) is 16.0. The van der Waals surface area contributed by atoms with Crippen molar-refractivity contribution in [3.63, 3.8) is 0 Å². The van der Waals surface area contributed by atoms with Gasteiger partial charge in [0, 0.05) is 5.56 Å². The number of rotatable bonds is 21. The van der Waals surface area contributed by atoms with Crippen LogP contribution in [-0.4, -0.2) is 50.7 Å². The number of ether oxygens (including phenoxy) is 1. The van der Waals surface area contributed by atoms with Gasteiger partial charge in [-0.15, -0.1) is 0 Å². The van der Waals surface area contributed by atoms with Crippen LogP contribution >= 0.6 is 0 Å². The molecule has 0 bridgehead atoms. The minimum atomic E-state index is 0. The Balaban J connectivity index is 0.0000109. The highest BCUT2D eigenvalue weighted by atomic mass is 127. The van der Waals surface area contributed by atoms with Crippen LogP contribution in [0.1, 0.15) is 114 Å². The zero-order chi connectivity index (χ0) is 24.2. The number of amides is 1. The number of quaternary nitrogens is 1. The summed E-state index contributed by atoms with van der Waals surface area (Å²) in [4.78, 5) is 12.5. The first-order chi connectivity index (χ1) is 16.0. The zero-order valence-electron chi connectivity index (χ0n) is 22.7. The Morgan fingerprint density at radius 2 is 1.18 bits per heavy atom. The van der Waals surface area contributed by atoms with Crippen molar-refractivity contribution in [3.8, 4) is 5.75 Å². The van der Waals surface area contributed by atoms with Gasteiger partial charge in [-0.3, -0.25) is 4.79 Å². The summed E-state index contributed by atoms with van der Waals surface area (Å²) in [6.07, 6.45) is 18.9. The quantitative estimate of drug-likeness (QED) is 0.132. The summed E-state index contributed by atoms with van der Waals surface area (Å²) >= 11 is 0. The Morgan fingerprint density at radius 3 is 1.62 bits per heavy atom. The minimum absolute atomic E-state index is 0. The van der Waals surface area contributed by atoms with Crippen molar-refractivity contribution in [3.05, 3.63) is 29.8 Å². The van der Waals surface area contributed by atoms with Crippen molar-refractivity contribution in [2.24, 2.45) is 0 Å². The number of nitrogens with one attached hydrogen (secondary N) is 1. The van der Waals surface area contributed by atoms with Crippen LogP contribution in [0.3, 0.4) is 0 Å². The van der Waals surface area contributed by atoms with Crippen LogP contribution in [0.25, 0.3) is 0 Å². The van der Waals surface area contributed by atoms with Crippen molar-refractivity contribution in [2.75, 3.05) is 40.3 Å². The molecule has 1 rings (SSSR count). The lowest BCUT2D eigenvalue weighted by Crippen LogP contribution is -3.00. The molecular formula is C29H53IN2O2. The summed E-state index contributed by atoms with van der Waals surface area (Å²) in [6.45, 7) is 8.74. The number of hydrogen-bond donors (Lipinski definition) is 1. The lowest BCUT2D eigenvalue weighted by atomic mass is 10.1. The van der Waals surface area contributed by atoms with Gasteiger partial charge >= 0.3 is 0 Å². The Hall–Kier alpha value is -0.820. The Bertz CT molecular complexity index is 589. The minimum Gasteiger partial charge on any atom is -1.00 e. The third-order valence-corrected chi connectivity index (χ3v) is 6.89. The van der Waals surface area contributed by atoms with Crippen molar-refractivity contribution in [1.82, 2.24) is 5.32 Å². The smallest absolute Gasteiger partial charge is 0.251 e. The maximum absolute atomic E-state index is 12.5. The van der Waals surface area contributed by atoms with Crippen molar-refractivity contribution < 1.29 is 38.0 Å². The van der Waals surface area contributed by atoms with E-state index in [0.29, 0.717) is 5.56 Å². The molecule has 0 heterocycles. The van der Waals surface area contributed by atoms with Crippen LogP contribution in [0.5, 0.6) is 5.75 Å². The monoisotopic (exact) mass is 588 g/mol. The first-order valence-electron chi connectivity index (χ1n) is 13.8. The molecule has 0 aliphatic rings. The second-order valence-electron chi connectivity index (χ2n) is 10.0. The van der Waals surface area contributed by atoms with E-state index < -0.39 is 0 Å². The largest absolute Gasteiger partial charge is 1.00 e. The molecule has 0 saturated heterocycles. The first kappa shape index (κ1) is 33.2. The van der Waals surface area contributed by atoms with E-state index in [-0.39, 0.29) is 29.9 Å². The van der Waals surface area contributed by atoms with Gasteiger partial charge in [-0.25, -0.2) is 0 Å². The molecule has 0 spiro atoms. The van der Waals surface area contributed by atoms with E-state index in [1.165, 1.54) is 103 Å². The molecule has 0 aromatic heterocycles. The summed E-state index contributed by atoms with van der Waals surface area (Å²) in [6, 6.07) is 7.35. The number of unbranched alkanes of at least 4 members (excludes halogenated alkanes) is 12. The molecule has 34 heavy (non-hydrogen) atoms. The number of halogens is 1. The first-order valence-corrected chi connectivity index (χ1v) is 13.8. The number of benzene rings is 1. The molecule has 0 aliphatic carbocycles. The second kappa shape index (κ2) is 21.5. The summed E-state index contributed by atoms with van der Waals surface area (Å²) in [5.74, 6) is 0.788. The zero-order valence-corrected chi connectivity index (χ0v) is 24.8. The molecule has 4 nitrogen and oxygen atoms in total. The molecule has 1 amide bonds. The Morgan fingerprint density at radius 1 is 0.735 bits per heavy atom. The van der Waals surface area contributed by atoms with Gasteiger partial charge in [0.05, 0.1) is 40.3 Å². The topological polar surface area (TPSA) is 38.3 Å². The highest BCUT2D eigenvalue weighted by Crippen LogP contribution is 2.15. The number of methoxy groups -OCH3 is 1. The maximum Gasteiger partial charge on any atom is 0.251 e. The average Bonchev–Trinajstić information content (AvgIpc) is 2.83. The van der Waals surface area contributed by atoms with Gasteiger partial charge < -0.3 is 38.5 Å². The predicted molar refractivity (Wildman–Crippen MR) is 142 cm³/mol. The Labute approximate surface area is 228 Å². The lowest BCUT2D eigenvalue weighted by Gasteiger charge is -2.35. The van der Waals surface area contributed by atoms with E-state index in [0.717, 1.165) is 23.3 Å². The molecule has 0 fully saturated rings. The van der Waals surface area contributed by atoms with Gasteiger partial charge in [0.15, 0.2) is 0 Å². The molecule has 5 heteroatoms. The van der Waals surface area contributed by atoms with Crippen LogP contribution in [0, 0.1) is 0 Å². The highest BCUT2D eigenvalue weighted by molar-refractivity contribution is 5.94. The van der Waals surface area contributed by atoms with E-state index >= 15 is 0 Å². The van der Waals surface area contributed by atoms with E-state index in [1.807, 2.05) is 24.3 Å². The van der Waals surface area contributed by atoms with Gasteiger partial charge in [0.2, 0.25) is 0 Å². The summed E-state index contributed by atoms with van der Waals surface area (Å²) in [5, 5.41) is 3.15. The van der Waals surface area contributed by atoms with Crippen LogP contribution in [-0.2, 0) is 0 Å². The highest BCUT2D eigenvalue weighted by Gasteiger charge is 2.21. The lowest BCUT2D eigenvalue weighted by molar-refractivity contribution is -0.908. The van der Waals surface area contributed by atoms with E-state index in [9.17, 15) is 4.79 Å². The fourth-order valence-corrected chi connectivity index (χ4v) is 4.52. The van der Waals surface area contributed by atoms with E-state index in [4.69, 9.17) is 4.74 Å². The van der Waals surface area contributed by atoms with E-state index in [1.54, 1.807) is 7.11 Å². The SMILES string of the molecule is CCCCCCCCC[N+](C)(CCCCCCCCC)CCNC(=O)c1ccc(OC)cc1.[I-]. The standard InChI is InChI=1S/C29H52N2O2.HI/c1-5-7-9-11-13-15-17-24-31(3,25-18-16-14-12-10-8-6-2)26-23-30-29(32)27-19-21-28(33-4)22-20-27;/h19-22H,5-18,23-26H2,1-4H3;1H. The number of carbonyl (C=O) groups excluding carboxylic acids is 1. The normalized spacial score (nSPS) is 11.2. The molecule has 1 aromatic rings. The van der Waals surface area contributed by atoms with Gasteiger partial charge in [-0.05, 0) is 49.9 Å². The Kier molecular flexibility index (Phi) is 20.9. The molecule has 1 aromatic carbocycles. The maximum atomic E-state index is 12.5. The van der Waals surface area contributed by atoms with Crippen molar-refractivity contribution >= 4 is 5.91 Å². The second-order valence-corrected chi connectivity index (χ2v) is 10.0. The number of likely N-dealkylation sites (N-methyl/N-ethyl adjacent to an activating group) is 1. The van der Waals surface area contributed by atoms with Crippen molar-refractivity contribution in [1.29, 1.82) is 0 Å². The average molecular weight is 589 g/mol. The van der Waals surface area contributed by atoms with Crippen LogP contribution < -0.4 is 34.0 Å². The molecule has 0 atom stereocenters. The van der Waals surface area contributed by atoms with Crippen molar-refractivity contribution in [2.45, 2.75) is 104 Å². The molecule has 0 aliphatic heterocycles. The fraction of sp³-hybridized carbons (Fsp3) is 0.759. The van der Waals surface area contributed by atoms with Gasteiger partial charge in [0.25, 0.3) is 5.91 Å². The summed E-state index contributed by atoms with van der Waals surface area (Å²) in [7, 11) is 4.04. The number of carbonyl (C=O) groups is 1. The van der Waals surface area contributed by atoms with Crippen LogP contribution in [0.15, 0.2) is 24.3 Å². The fourth-order valence-electron chi connectivity index (χ4n) is 4.52. The van der Waals surface area contributed by atoms with Gasteiger partial charge in [-0.2, -0.15) is 0 Å². The molecule has 0 unspecified atom stereocenters. The number of nitrogens with zero attached hydrogens (tertiary/aromatic N) is 1. The summed E-state index contributed by atoms with van der Waals surface area (Å²) in [5.41, 5.74) is 0.698. The van der Waals surface area contributed by atoms with Gasteiger partial charge in [0.1, 0.15) is 5.75 Å². The predicted octanol–water partition coefficient (Wildman–Crippen LogP) is 4.38. The molecule has 0 radical (unpaired) electrons. The molecule has 1 N–H and O–H groups in total.